The third-order valence-corrected chi connectivity index (χ3v) is 5.75. The van der Waals surface area contributed by atoms with Crippen molar-refractivity contribution in [2.45, 2.75) is 45.6 Å². The highest BCUT2D eigenvalue weighted by Crippen LogP contribution is 2.38. The van der Waals surface area contributed by atoms with Crippen LogP contribution in [0.3, 0.4) is 0 Å². The van der Waals surface area contributed by atoms with Crippen LogP contribution in [0.4, 0.5) is 0 Å². The summed E-state index contributed by atoms with van der Waals surface area (Å²) in [5.74, 6) is 0.148. The first-order valence-corrected chi connectivity index (χ1v) is 9.70. The van der Waals surface area contributed by atoms with Crippen molar-refractivity contribution in [2.24, 2.45) is 5.41 Å². The van der Waals surface area contributed by atoms with Crippen LogP contribution >= 0.6 is 0 Å². The summed E-state index contributed by atoms with van der Waals surface area (Å²) in [6, 6.07) is 1.85. The summed E-state index contributed by atoms with van der Waals surface area (Å²) in [5.41, 5.74) is 1.00. The van der Waals surface area contributed by atoms with Crippen molar-refractivity contribution < 1.29 is 9.53 Å². The molecule has 6 heteroatoms. The van der Waals surface area contributed by atoms with Crippen molar-refractivity contribution in [3.05, 3.63) is 18.0 Å². The maximum atomic E-state index is 13.0. The molecule has 1 unspecified atom stereocenters. The van der Waals surface area contributed by atoms with E-state index in [1.165, 1.54) is 25.8 Å². The van der Waals surface area contributed by atoms with E-state index in [1.807, 2.05) is 17.7 Å². The average molecular weight is 348 g/mol. The highest BCUT2D eigenvalue weighted by Gasteiger charge is 2.40. The average Bonchev–Trinajstić information content (AvgIpc) is 3.10. The number of ether oxygens (including phenoxy) is 1. The molecule has 0 radical (unpaired) electrons. The van der Waals surface area contributed by atoms with E-state index in [0.717, 1.165) is 57.9 Å². The maximum Gasteiger partial charge on any atom is 0.272 e. The summed E-state index contributed by atoms with van der Waals surface area (Å²) in [6.07, 6.45) is 7.65. The lowest BCUT2D eigenvalue weighted by Gasteiger charge is -2.48. The molecule has 0 aliphatic carbocycles. The number of piperidine rings is 2. The molecule has 1 aromatic heterocycles. The van der Waals surface area contributed by atoms with Gasteiger partial charge in [0.25, 0.3) is 5.91 Å². The standard InChI is InChI=1S/C19H32N4O2/c1-3-23-17(7-10-20-23)18(24)22-13-5-9-19(16-22)8-4-11-21(15-19)12-6-14-25-2/h7,10H,3-6,8-9,11-16H2,1-2H3. The number of hydrogen-bond donors (Lipinski definition) is 0. The number of amides is 1. The smallest absolute Gasteiger partial charge is 0.272 e. The van der Waals surface area contributed by atoms with Crippen LogP contribution in [0.5, 0.6) is 0 Å². The number of carbonyl (C=O) groups excluding carboxylic acids is 1. The van der Waals surface area contributed by atoms with E-state index in [1.54, 1.807) is 13.3 Å². The van der Waals surface area contributed by atoms with E-state index in [-0.39, 0.29) is 11.3 Å². The van der Waals surface area contributed by atoms with Crippen molar-refractivity contribution in [3.63, 3.8) is 0 Å². The van der Waals surface area contributed by atoms with Gasteiger partial charge in [0.15, 0.2) is 0 Å². The summed E-state index contributed by atoms with van der Waals surface area (Å²) < 4.78 is 7.00. The van der Waals surface area contributed by atoms with E-state index < -0.39 is 0 Å². The topological polar surface area (TPSA) is 50.6 Å². The Labute approximate surface area is 151 Å². The Morgan fingerprint density at radius 1 is 1.28 bits per heavy atom. The predicted molar refractivity (Wildman–Crippen MR) is 97.6 cm³/mol. The van der Waals surface area contributed by atoms with Gasteiger partial charge in [-0.3, -0.25) is 9.48 Å². The molecule has 2 fully saturated rings. The maximum absolute atomic E-state index is 13.0. The van der Waals surface area contributed by atoms with Crippen molar-refractivity contribution in [1.82, 2.24) is 19.6 Å². The van der Waals surface area contributed by atoms with Gasteiger partial charge in [-0.25, -0.2) is 0 Å². The summed E-state index contributed by atoms with van der Waals surface area (Å²) in [5, 5.41) is 4.26. The number of carbonyl (C=O) groups is 1. The molecule has 1 aromatic rings. The lowest BCUT2D eigenvalue weighted by atomic mass is 9.73. The van der Waals surface area contributed by atoms with Crippen LogP contribution in [-0.4, -0.2) is 71.9 Å². The Morgan fingerprint density at radius 3 is 2.84 bits per heavy atom. The summed E-state index contributed by atoms with van der Waals surface area (Å²) in [6.45, 7) is 8.76. The van der Waals surface area contributed by atoms with Crippen molar-refractivity contribution >= 4 is 5.91 Å². The van der Waals surface area contributed by atoms with Crippen molar-refractivity contribution in [1.29, 1.82) is 0 Å². The first kappa shape index (κ1) is 18.4. The molecule has 0 saturated carbocycles. The van der Waals surface area contributed by atoms with Crippen LogP contribution in [0.25, 0.3) is 0 Å². The van der Waals surface area contributed by atoms with Crippen LogP contribution < -0.4 is 0 Å². The molecular formula is C19H32N4O2. The Kier molecular flexibility index (Phi) is 6.12. The van der Waals surface area contributed by atoms with Crippen LogP contribution in [0.1, 0.15) is 49.5 Å². The molecule has 1 spiro atoms. The molecular weight excluding hydrogens is 316 g/mol. The number of aromatic nitrogens is 2. The van der Waals surface area contributed by atoms with Gasteiger partial charge in [0, 0.05) is 58.1 Å². The zero-order chi connectivity index (χ0) is 17.7. The summed E-state index contributed by atoms with van der Waals surface area (Å²) >= 11 is 0. The lowest BCUT2D eigenvalue weighted by Crippen LogP contribution is -2.54. The molecule has 3 heterocycles. The van der Waals surface area contributed by atoms with Crippen LogP contribution in [0, 0.1) is 5.41 Å². The molecule has 0 N–H and O–H groups in total. The van der Waals surface area contributed by atoms with Crippen LogP contribution in [0.2, 0.25) is 0 Å². The first-order valence-electron chi connectivity index (χ1n) is 9.70. The zero-order valence-corrected chi connectivity index (χ0v) is 15.7. The zero-order valence-electron chi connectivity index (χ0n) is 15.7. The van der Waals surface area contributed by atoms with Gasteiger partial charge >= 0.3 is 0 Å². The molecule has 6 nitrogen and oxygen atoms in total. The molecule has 2 saturated heterocycles. The first-order chi connectivity index (χ1) is 12.2. The minimum atomic E-state index is 0.148. The predicted octanol–water partition coefficient (Wildman–Crippen LogP) is 2.26. The van der Waals surface area contributed by atoms with E-state index in [2.05, 4.69) is 14.9 Å². The van der Waals surface area contributed by atoms with E-state index in [9.17, 15) is 4.79 Å². The third kappa shape index (κ3) is 4.23. The Hall–Kier alpha value is -1.40. The molecule has 2 aliphatic rings. The normalized spacial score (nSPS) is 24.8. The SMILES string of the molecule is CCn1nccc1C(=O)N1CCCC2(CCCN(CCCOC)C2)C1. The third-order valence-electron chi connectivity index (χ3n) is 5.75. The number of methoxy groups -OCH3 is 1. The Balaban J connectivity index is 1.64. The summed E-state index contributed by atoms with van der Waals surface area (Å²) in [7, 11) is 1.77. The molecule has 0 aromatic carbocycles. The van der Waals surface area contributed by atoms with Crippen molar-refractivity contribution in [3.8, 4) is 0 Å². The number of hydrogen-bond acceptors (Lipinski definition) is 4. The fraction of sp³-hybridized carbons (Fsp3) is 0.789. The van der Waals surface area contributed by atoms with Gasteiger partial charge in [-0.1, -0.05) is 0 Å². The second-order valence-electron chi connectivity index (χ2n) is 7.59. The molecule has 1 amide bonds. The fourth-order valence-corrected chi connectivity index (χ4v) is 4.58. The van der Waals surface area contributed by atoms with Crippen LogP contribution in [0.15, 0.2) is 12.3 Å². The van der Waals surface area contributed by atoms with Gasteiger partial charge in [-0.05, 0) is 51.6 Å². The minimum Gasteiger partial charge on any atom is -0.385 e. The molecule has 1 atom stereocenters. The van der Waals surface area contributed by atoms with Gasteiger partial charge in [-0.2, -0.15) is 5.10 Å². The molecule has 3 rings (SSSR count). The van der Waals surface area contributed by atoms with Crippen molar-refractivity contribution in [2.75, 3.05) is 46.4 Å². The Bertz CT molecular complexity index is 570. The second kappa shape index (κ2) is 8.32. The highest BCUT2D eigenvalue weighted by atomic mass is 16.5. The molecule has 25 heavy (non-hydrogen) atoms. The van der Waals surface area contributed by atoms with E-state index in [0.29, 0.717) is 0 Å². The van der Waals surface area contributed by atoms with Gasteiger partial charge in [0.2, 0.25) is 0 Å². The second-order valence-corrected chi connectivity index (χ2v) is 7.59. The van der Waals surface area contributed by atoms with E-state index >= 15 is 0 Å². The van der Waals surface area contributed by atoms with Gasteiger partial charge < -0.3 is 14.5 Å². The monoisotopic (exact) mass is 348 g/mol. The number of aryl methyl sites for hydroxylation is 1. The fourth-order valence-electron chi connectivity index (χ4n) is 4.58. The lowest BCUT2D eigenvalue weighted by molar-refractivity contribution is 0.0112. The summed E-state index contributed by atoms with van der Waals surface area (Å²) in [4.78, 5) is 17.6. The van der Waals surface area contributed by atoms with E-state index in [4.69, 9.17) is 4.74 Å². The van der Waals surface area contributed by atoms with Gasteiger partial charge in [0.05, 0.1) is 0 Å². The minimum absolute atomic E-state index is 0.148. The Morgan fingerprint density at radius 2 is 2.08 bits per heavy atom. The van der Waals surface area contributed by atoms with Gasteiger partial charge in [0.1, 0.15) is 5.69 Å². The quantitative estimate of drug-likeness (QED) is 0.740. The largest absolute Gasteiger partial charge is 0.385 e. The molecule has 2 aliphatic heterocycles. The van der Waals surface area contributed by atoms with Crippen LogP contribution in [-0.2, 0) is 11.3 Å². The number of rotatable bonds is 6. The number of nitrogens with zero attached hydrogens (tertiary/aromatic N) is 4. The van der Waals surface area contributed by atoms with Gasteiger partial charge in [-0.15, -0.1) is 0 Å². The highest BCUT2D eigenvalue weighted by molar-refractivity contribution is 5.92. The molecule has 0 bridgehead atoms. The number of likely N-dealkylation sites (tertiary alicyclic amines) is 2. The molecule has 140 valence electrons.